The first-order valence-electron chi connectivity index (χ1n) is 7.49. The Morgan fingerprint density at radius 3 is 3.00 bits per heavy atom. The molecule has 0 aliphatic carbocycles. The van der Waals surface area contributed by atoms with Gasteiger partial charge in [0.05, 0.1) is 18.3 Å². The second-order valence-electron chi connectivity index (χ2n) is 5.55. The summed E-state index contributed by atoms with van der Waals surface area (Å²) in [5, 5.41) is 3.10. The van der Waals surface area contributed by atoms with Crippen LogP contribution in [0.1, 0.15) is 0 Å². The topological polar surface area (TPSA) is 80.8 Å². The smallest absolute Gasteiger partial charge is 0.324 e. The quantitative estimate of drug-likeness (QED) is 0.637. The van der Waals surface area contributed by atoms with E-state index in [1.807, 2.05) is 4.90 Å². The van der Waals surface area contributed by atoms with Crippen LogP contribution in [0.15, 0.2) is 23.0 Å². The van der Waals surface area contributed by atoms with E-state index in [1.54, 1.807) is 19.2 Å². The summed E-state index contributed by atoms with van der Waals surface area (Å²) >= 11 is 0. The Labute approximate surface area is 138 Å². The van der Waals surface area contributed by atoms with Crippen LogP contribution in [-0.4, -0.2) is 48.3 Å². The van der Waals surface area contributed by atoms with Crippen LogP contribution >= 0.6 is 0 Å². The first kappa shape index (κ1) is 16.0. The van der Waals surface area contributed by atoms with E-state index >= 15 is 0 Å². The molecule has 8 nitrogen and oxygen atoms in total. The van der Waals surface area contributed by atoms with Crippen LogP contribution < -0.4 is 15.8 Å². The molecule has 2 aromatic rings. The molecule has 24 heavy (non-hydrogen) atoms. The number of hydrogen-bond acceptors (Lipinski definition) is 6. The SMILES string of the molecule is [C-]#[N+]c1ccc2c(n1)c(N1CCN[C@H](C(=O)OC)C1)cc(=O)n2C. The van der Waals surface area contributed by atoms with Gasteiger partial charge in [-0.3, -0.25) is 9.59 Å². The van der Waals surface area contributed by atoms with E-state index in [9.17, 15) is 9.59 Å². The van der Waals surface area contributed by atoms with Crippen LogP contribution in [0.4, 0.5) is 11.5 Å². The summed E-state index contributed by atoms with van der Waals surface area (Å²) in [6.07, 6.45) is 0. The van der Waals surface area contributed by atoms with Crippen molar-refractivity contribution < 1.29 is 9.53 Å². The molecule has 3 rings (SSSR count). The molecule has 2 aromatic heterocycles. The number of pyridine rings is 2. The van der Waals surface area contributed by atoms with Crippen molar-refractivity contribution in [2.24, 2.45) is 7.05 Å². The lowest BCUT2D eigenvalue weighted by Gasteiger charge is -2.33. The molecule has 0 saturated carbocycles. The highest BCUT2D eigenvalue weighted by Crippen LogP contribution is 2.26. The van der Waals surface area contributed by atoms with Crippen molar-refractivity contribution in [2.45, 2.75) is 6.04 Å². The molecule has 0 unspecified atom stereocenters. The molecule has 1 aliphatic heterocycles. The number of carbonyl (C=O) groups is 1. The number of nitrogens with one attached hydrogen (secondary N) is 1. The Morgan fingerprint density at radius 2 is 2.29 bits per heavy atom. The lowest BCUT2D eigenvalue weighted by molar-refractivity contribution is -0.143. The zero-order valence-electron chi connectivity index (χ0n) is 13.4. The van der Waals surface area contributed by atoms with Gasteiger partial charge < -0.3 is 24.4 Å². The van der Waals surface area contributed by atoms with Gasteiger partial charge >= 0.3 is 5.97 Å². The molecule has 1 saturated heterocycles. The summed E-state index contributed by atoms with van der Waals surface area (Å²) in [6.45, 7) is 8.73. The number of ether oxygens (including phenoxy) is 1. The van der Waals surface area contributed by atoms with Gasteiger partial charge in [0.2, 0.25) is 5.52 Å². The standard InChI is InChI=1S/C16H17N5O3/c1-17-13-5-4-11-15(19-13)12(8-14(22)20(11)2)21-7-6-18-10(9-21)16(23)24-3/h4-5,8,10,18H,6-7,9H2,2-3H3/t10-/m0/s1. The number of methoxy groups -OCH3 is 1. The van der Waals surface area contributed by atoms with E-state index in [2.05, 4.69) is 15.1 Å². The second-order valence-corrected chi connectivity index (χ2v) is 5.55. The van der Waals surface area contributed by atoms with E-state index in [0.29, 0.717) is 36.4 Å². The summed E-state index contributed by atoms with van der Waals surface area (Å²) in [4.78, 5) is 33.7. The molecule has 1 fully saturated rings. The first-order chi connectivity index (χ1) is 11.5. The zero-order chi connectivity index (χ0) is 17.3. The third-order valence-corrected chi connectivity index (χ3v) is 4.17. The molecule has 0 aromatic carbocycles. The van der Waals surface area contributed by atoms with Gasteiger partial charge in [-0.15, -0.1) is 4.98 Å². The Morgan fingerprint density at radius 1 is 1.50 bits per heavy atom. The first-order valence-corrected chi connectivity index (χ1v) is 7.49. The number of nitrogens with zero attached hydrogens (tertiary/aromatic N) is 4. The molecule has 3 heterocycles. The van der Waals surface area contributed by atoms with Crippen LogP contribution in [0.3, 0.4) is 0 Å². The third-order valence-electron chi connectivity index (χ3n) is 4.17. The highest BCUT2D eigenvalue weighted by molar-refractivity contribution is 5.90. The molecule has 0 spiro atoms. The Balaban J connectivity index is 2.11. The minimum atomic E-state index is -0.466. The monoisotopic (exact) mass is 327 g/mol. The van der Waals surface area contributed by atoms with Crippen molar-refractivity contribution in [1.82, 2.24) is 14.9 Å². The van der Waals surface area contributed by atoms with Crippen molar-refractivity contribution in [3.05, 3.63) is 40.0 Å². The number of hydrogen-bond donors (Lipinski definition) is 1. The van der Waals surface area contributed by atoms with Gasteiger partial charge in [0.25, 0.3) is 11.4 Å². The largest absolute Gasteiger partial charge is 0.468 e. The maximum Gasteiger partial charge on any atom is 0.324 e. The molecule has 1 atom stereocenters. The average Bonchev–Trinajstić information content (AvgIpc) is 2.63. The van der Waals surface area contributed by atoms with Crippen LogP contribution in [0.5, 0.6) is 0 Å². The van der Waals surface area contributed by atoms with E-state index in [4.69, 9.17) is 11.3 Å². The Hall–Kier alpha value is -2.92. The maximum atomic E-state index is 12.3. The van der Waals surface area contributed by atoms with Crippen molar-refractivity contribution in [3.8, 4) is 0 Å². The van der Waals surface area contributed by atoms with Gasteiger partial charge in [0, 0.05) is 32.7 Å². The average molecular weight is 327 g/mol. The van der Waals surface area contributed by atoms with Gasteiger partial charge in [0.15, 0.2) is 0 Å². The number of fused-ring (bicyclic) bond motifs is 1. The number of piperazine rings is 1. The van der Waals surface area contributed by atoms with Crippen LogP contribution in [0.25, 0.3) is 15.9 Å². The van der Waals surface area contributed by atoms with Crippen LogP contribution in [-0.2, 0) is 16.6 Å². The van der Waals surface area contributed by atoms with E-state index in [-0.39, 0.29) is 17.3 Å². The minimum Gasteiger partial charge on any atom is -0.468 e. The fraction of sp³-hybridized carbons (Fsp3) is 0.375. The number of aryl methyl sites for hydroxylation is 1. The number of carbonyl (C=O) groups excluding carboxylic acids is 1. The zero-order valence-corrected chi connectivity index (χ0v) is 13.4. The van der Waals surface area contributed by atoms with Crippen molar-refractivity contribution in [3.63, 3.8) is 0 Å². The molecule has 0 amide bonds. The fourth-order valence-corrected chi connectivity index (χ4v) is 2.87. The lowest BCUT2D eigenvalue weighted by atomic mass is 10.1. The summed E-state index contributed by atoms with van der Waals surface area (Å²) in [5.74, 6) is -0.0790. The number of anilines is 1. The second kappa shape index (κ2) is 6.29. The predicted molar refractivity (Wildman–Crippen MR) is 89.3 cm³/mol. The summed E-state index contributed by atoms with van der Waals surface area (Å²) in [7, 11) is 3.02. The van der Waals surface area contributed by atoms with Gasteiger partial charge in [0.1, 0.15) is 6.04 Å². The molecule has 8 heteroatoms. The highest BCUT2D eigenvalue weighted by Gasteiger charge is 2.28. The van der Waals surface area contributed by atoms with Gasteiger partial charge in [-0.2, -0.15) is 0 Å². The minimum absolute atomic E-state index is 0.164. The van der Waals surface area contributed by atoms with Crippen molar-refractivity contribution in [1.29, 1.82) is 0 Å². The van der Waals surface area contributed by atoms with Gasteiger partial charge in [-0.1, -0.05) is 6.57 Å². The predicted octanol–water partition coefficient (Wildman–Crippen LogP) is 0.435. The summed E-state index contributed by atoms with van der Waals surface area (Å²) < 4.78 is 6.29. The summed E-state index contributed by atoms with van der Waals surface area (Å²) in [6, 6.07) is 4.35. The Kier molecular flexibility index (Phi) is 4.18. The van der Waals surface area contributed by atoms with E-state index < -0.39 is 6.04 Å². The number of aromatic nitrogens is 2. The number of esters is 1. The fourth-order valence-electron chi connectivity index (χ4n) is 2.87. The highest BCUT2D eigenvalue weighted by atomic mass is 16.5. The van der Waals surface area contributed by atoms with Gasteiger partial charge in [-0.05, 0) is 12.1 Å². The van der Waals surface area contributed by atoms with E-state index in [0.717, 1.165) is 0 Å². The normalized spacial score (nSPS) is 17.5. The molecule has 0 bridgehead atoms. The molecule has 124 valence electrons. The third kappa shape index (κ3) is 2.70. The lowest BCUT2D eigenvalue weighted by Crippen LogP contribution is -2.54. The van der Waals surface area contributed by atoms with Crippen LogP contribution in [0, 0.1) is 6.57 Å². The number of rotatable bonds is 2. The molecule has 1 aliphatic rings. The van der Waals surface area contributed by atoms with Crippen molar-refractivity contribution in [2.75, 3.05) is 31.6 Å². The van der Waals surface area contributed by atoms with E-state index in [1.165, 1.54) is 17.7 Å². The van der Waals surface area contributed by atoms with Crippen LogP contribution in [0.2, 0.25) is 0 Å². The molecular formula is C16H17N5O3. The molecular weight excluding hydrogens is 310 g/mol. The molecule has 1 N–H and O–H groups in total. The van der Waals surface area contributed by atoms with Gasteiger partial charge in [-0.25, -0.2) is 0 Å². The molecule has 0 radical (unpaired) electrons. The van der Waals surface area contributed by atoms with Crippen molar-refractivity contribution >= 4 is 28.5 Å². The maximum absolute atomic E-state index is 12.3. The Bertz CT molecular complexity index is 899. The summed E-state index contributed by atoms with van der Waals surface area (Å²) in [5.41, 5.74) is 1.70.